The van der Waals surface area contributed by atoms with Crippen LogP contribution < -0.4 is 0 Å². The lowest BCUT2D eigenvalue weighted by molar-refractivity contribution is -0.139. The molecule has 0 bridgehead atoms. The number of alkyl halides is 3. The molecule has 0 aliphatic rings. The van der Waals surface area contributed by atoms with Crippen LogP contribution >= 0.6 is 0 Å². The molecular weight excluding hydrogens is 271 g/mol. The Kier molecular flexibility index (Phi) is 6.01. The summed E-state index contributed by atoms with van der Waals surface area (Å²) in [5, 5.41) is 0. The molecule has 0 N–H and O–H groups in total. The van der Waals surface area contributed by atoms with Gasteiger partial charge in [0.25, 0.3) is 0 Å². The zero-order valence-corrected chi connectivity index (χ0v) is 11.5. The number of esters is 1. The molecule has 20 heavy (non-hydrogen) atoms. The number of methoxy groups -OCH3 is 1. The summed E-state index contributed by atoms with van der Waals surface area (Å²) in [6.45, 7) is 0.291. The van der Waals surface area contributed by atoms with Crippen molar-refractivity contribution >= 4 is 5.97 Å². The Morgan fingerprint density at radius 2 is 1.85 bits per heavy atom. The van der Waals surface area contributed by atoms with Gasteiger partial charge >= 0.3 is 12.1 Å². The summed E-state index contributed by atoms with van der Waals surface area (Å²) in [5.74, 6) is -0.365. The van der Waals surface area contributed by atoms with Crippen LogP contribution in [0.25, 0.3) is 0 Å². The maximum Gasteiger partial charge on any atom is 0.390 e. The number of nitrogens with zero attached hydrogens (tertiary/aromatic N) is 1. The van der Waals surface area contributed by atoms with Crippen LogP contribution in [0, 0.1) is 0 Å². The van der Waals surface area contributed by atoms with E-state index in [1.54, 1.807) is 30.1 Å². The third kappa shape index (κ3) is 6.06. The lowest BCUT2D eigenvalue weighted by Crippen LogP contribution is -2.24. The molecular formula is C14H18F3NO2. The van der Waals surface area contributed by atoms with Crippen LogP contribution in [0.2, 0.25) is 0 Å². The highest BCUT2D eigenvalue weighted by molar-refractivity contribution is 5.72. The predicted octanol–water partition coefficient (Wildman–Crippen LogP) is 2.79. The summed E-state index contributed by atoms with van der Waals surface area (Å²) < 4.78 is 41.1. The van der Waals surface area contributed by atoms with E-state index in [0.717, 1.165) is 11.1 Å². The summed E-state index contributed by atoms with van der Waals surface area (Å²) in [4.78, 5) is 12.9. The maximum absolute atomic E-state index is 12.2. The van der Waals surface area contributed by atoms with Crippen molar-refractivity contribution in [1.29, 1.82) is 0 Å². The number of carbonyl (C=O) groups is 1. The number of benzene rings is 1. The van der Waals surface area contributed by atoms with Gasteiger partial charge in [0.1, 0.15) is 0 Å². The second-order valence-electron chi connectivity index (χ2n) is 4.62. The maximum atomic E-state index is 12.2. The lowest BCUT2D eigenvalue weighted by Gasteiger charge is -2.19. The third-order valence-corrected chi connectivity index (χ3v) is 2.90. The van der Waals surface area contributed by atoms with Crippen molar-refractivity contribution in [2.75, 3.05) is 20.7 Å². The van der Waals surface area contributed by atoms with Gasteiger partial charge in [0.2, 0.25) is 0 Å². The van der Waals surface area contributed by atoms with Crippen LogP contribution in [0.15, 0.2) is 24.3 Å². The van der Waals surface area contributed by atoms with Crippen molar-refractivity contribution < 1.29 is 22.7 Å². The zero-order chi connectivity index (χ0) is 15.2. The van der Waals surface area contributed by atoms with E-state index < -0.39 is 12.6 Å². The number of hydrogen-bond donors (Lipinski definition) is 0. The van der Waals surface area contributed by atoms with Crippen LogP contribution in [0.3, 0.4) is 0 Å². The highest BCUT2D eigenvalue weighted by atomic mass is 19.4. The van der Waals surface area contributed by atoms with E-state index in [1.807, 2.05) is 6.07 Å². The standard InChI is InChI=1S/C14H18F3NO2/c1-18(8-7-14(15,16)17)10-12-6-4-3-5-11(12)9-13(19)20-2/h3-6H,7-10H2,1-2H3. The molecule has 0 aromatic heterocycles. The molecule has 1 aromatic carbocycles. The van der Waals surface area contributed by atoms with Gasteiger partial charge in [-0.1, -0.05) is 24.3 Å². The molecule has 0 heterocycles. The first-order chi connectivity index (χ1) is 9.31. The topological polar surface area (TPSA) is 29.5 Å². The van der Waals surface area contributed by atoms with Gasteiger partial charge in [-0.2, -0.15) is 13.2 Å². The Morgan fingerprint density at radius 3 is 2.40 bits per heavy atom. The molecule has 6 heteroatoms. The summed E-state index contributed by atoms with van der Waals surface area (Å²) in [6, 6.07) is 7.18. The average Bonchev–Trinajstić information content (AvgIpc) is 2.38. The number of rotatable bonds is 6. The van der Waals surface area contributed by atoms with Crippen LogP contribution in [0.4, 0.5) is 13.2 Å². The van der Waals surface area contributed by atoms with Gasteiger partial charge in [-0.3, -0.25) is 4.79 Å². The first-order valence-electron chi connectivity index (χ1n) is 6.20. The van der Waals surface area contributed by atoms with E-state index in [9.17, 15) is 18.0 Å². The van der Waals surface area contributed by atoms with E-state index in [2.05, 4.69) is 4.74 Å². The van der Waals surface area contributed by atoms with Crippen molar-refractivity contribution in [1.82, 2.24) is 4.90 Å². The van der Waals surface area contributed by atoms with E-state index in [1.165, 1.54) is 7.11 Å². The van der Waals surface area contributed by atoms with Crippen molar-refractivity contribution in [3.63, 3.8) is 0 Å². The molecule has 0 fully saturated rings. The van der Waals surface area contributed by atoms with Crippen molar-refractivity contribution in [2.45, 2.75) is 25.6 Å². The summed E-state index contributed by atoms with van der Waals surface area (Å²) in [5.41, 5.74) is 1.61. The van der Waals surface area contributed by atoms with Crippen LogP contribution in [-0.4, -0.2) is 37.7 Å². The van der Waals surface area contributed by atoms with Gasteiger partial charge in [0.15, 0.2) is 0 Å². The van der Waals surface area contributed by atoms with Gasteiger partial charge in [-0.15, -0.1) is 0 Å². The largest absolute Gasteiger partial charge is 0.469 e. The first-order valence-corrected chi connectivity index (χ1v) is 6.20. The van der Waals surface area contributed by atoms with E-state index in [0.29, 0.717) is 6.54 Å². The minimum absolute atomic E-state index is 0.0734. The Balaban J connectivity index is 2.64. The van der Waals surface area contributed by atoms with Crippen molar-refractivity contribution in [2.24, 2.45) is 0 Å². The minimum Gasteiger partial charge on any atom is -0.469 e. The third-order valence-electron chi connectivity index (χ3n) is 2.90. The molecule has 0 spiro atoms. The van der Waals surface area contributed by atoms with Gasteiger partial charge in [0, 0.05) is 13.1 Å². The fraction of sp³-hybridized carbons (Fsp3) is 0.500. The highest BCUT2D eigenvalue weighted by Crippen LogP contribution is 2.20. The Bertz CT molecular complexity index is 446. The molecule has 1 aromatic rings. The molecule has 0 amide bonds. The van der Waals surface area contributed by atoms with Crippen LogP contribution in [-0.2, 0) is 22.5 Å². The average molecular weight is 289 g/mol. The Morgan fingerprint density at radius 1 is 1.25 bits per heavy atom. The second-order valence-corrected chi connectivity index (χ2v) is 4.62. The molecule has 0 aliphatic carbocycles. The monoisotopic (exact) mass is 289 g/mol. The molecule has 0 aliphatic heterocycles. The predicted molar refractivity (Wildman–Crippen MR) is 69.2 cm³/mol. The minimum atomic E-state index is -4.15. The molecule has 112 valence electrons. The van der Waals surface area contributed by atoms with E-state index in [-0.39, 0.29) is 18.9 Å². The molecule has 0 saturated heterocycles. The molecule has 0 radical (unpaired) electrons. The summed E-state index contributed by atoms with van der Waals surface area (Å²) >= 11 is 0. The number of ether oxygens (including phenoxy) is 1. The van der Waals surface area contributed by atoms with Crippen LogP contribution in [0.1, 0.15) is 17.5 Å². The zero-order valence-electron chi connectivity index (χ0n) is 11.5. The highest BCUT2D eigenvalue weighted by Gasteiger charge is 2.27. The van der Waals surface area contributed by atoms with Gasteiger partial charge in [0.05, 0.1) is 20.0 Å². The first kappa shape index (κ1) is 16.5. The fourth-order valence-electron chi connectivity index (χ4n) is 1.80. The Labute approximate surface area is 116 Å². The lowest BCUT2D eigenvalue weighted by atomic mass is 10.0. The van der Waals surface area contributed by atoms with E-state index >= 15 is 0 Å². The van der Waals surface area contributed by atoms with Crippen LogP contribution in [0.5, 0.6) is 0 Å². The molecule has 0 unspecified atom stereocenters. The van der Waals surface area contributed by atoms with Crippen molar-refractivity contribution in [3.8, 4) is 0 Å². The van der Waals surface area contributed by atoms with Gasteiger partial charge < -0.3 is 9.64 Å². The molecule has 0 atom stereocenters. The van der Waals surface area contributed by atoms with Crippen molar-refractivity contribution in [3.05, 3.63) is 35.4 Å². The number of hydrogen-bond acceptors (Lipinski definition) is 3. The Hall–Kier alpha value is -1.56. The summed E-state index contributed by atoms with van der Waals surface area (Å²) in [7, 11) is 2.93. The number of carbonyl (C=O) groups excluding carboxylic acids is 1. The van der Waals surface area contributed by atoms with Gasteiger partial charge in [-0.25, -0.2) is 0 Å². The second kappa shape index (κ2) is 7.28. The SMILES string of the molecule is COC(=O)Cc1ccccc1CN(C)CCC(F)(F)F. The quantitative estimate of drug-likeness (QED) is 0.754. The normalized spacial score (nSPS) is 11.7. The smallest absolute Gasteiger partial charge is 0.390 e. The number of halogens is 3. The molecule has 1 rings (SSSR count). The molecule has 3 nitrogen and oxygen atoms in total. The van der Waals surface area contributed by atoms with Gasteiger partial charge in [-0.05, 0) is 18.2 Å². The van der Waals surface area contributed by atoms with E-state index in [4.69, 9.17) is 0 Å². The molecule has 0 saturated carbocycles. The fourth-order valence-corrected chi connectivity index (χ4v) is 1.80. The summed E-state index contributed by atoms with van der Waals surface area (Å²) in [6.07, 6.45) is -4.87.